The van der Waals surface area contributed by atoms with Gasteiger partial charge in [0.05, 0.1) is 12.7 Å². The summed E-state index contributed by atoms with van der Waals surface area (Å²) < 4.78 is 19.2. The van der Waals surface area contributed by atoms with Crippen LogP contribution >= 0.6 is 11.8 Å². The number of aromatic nitrogens is 1. The molecule has 0 spiro atoms. The molecule has 0 bridgehead atoms. The number of thioether (sulfide) groups is 1. The van der Waals surface area contributed by atoms with E-state index in [2.05, 4.69) is 38.5 Å². The maximum atomic E-state index is 13.6. The number of ether oxygens (including phenoxy) is 1. The number of nitrogens with one attached hydrogen (secondary N) is 2. The highest BCUT2D eigenvalue weighted by Crippen LogP contribution is 2.17. The fourth-order valence-electron chi connectivity index (χ4n) is 3.41. The van der Waals surface area contributed by atoms with Crippen molar-refractivity contribution in [3.8, 4) is 0 Å². The van der Waals surface area contributed by atoms with Gasteiger partial charge in [0.2, 0.25) is 0 Å². The van der Waals surface area contributed by atoms with Gasteiger partial charge in [0.1, 0.15) is 11.6 Å². The van der Waals surface area contributed by atoms with Crippen LogP contribution in [0.4, 0.5) is 10.2 Å². The molecule has 6 nitrogen and oxygen atoms in total. The number of anilines is 1. The van der Waals surface area contributed by atoms with Crippen molar-refractivity contribution in [2.45, 2.75) is 31.9 Å². The number of rotatable bonds is 7. The molecule has 1 atom stereocenters. The second-order valence-electron chi connectivity index (χ2n) is 7.28. The molecule has 2 heterocycles. The number of benzene rings is 1. The predicted octanol–water partition coefficient (Wildman–Crippen LogP) is 3.17. The zero-order valence-corrected chi connectivity index (χ0v) is 18.6. The minimum atomic E-state index is -0.200. The Bertz CT molecular complexity index is 863. The lowest BCUT2D eigenvalue weighted by Gasteiger charge is -2.32. The molecule has 1 aliphatic heterocycles. The molecule has 1 saturated heterocycles. The molecule has 3 rings (SSSR count). The SMILES string of the molecule is CN=C(NCc1ccnc(N2CCOC(C)C2)c1)NCc1ccc(F)cc1CSC. The third-order valence-corrected chi connectivity index (χ3v) is 5.57. The second-order valence-corrected chi connectivity index (χ2v) is 8.14. The topological polar surface area (TPSA) is 61.8 Å². The van der Waals surface area contributed by atoms with E-state index in [1.54, 1.807) is 24.9 Å². The van der Waals surface area contributed by atoms with Crippen LogP contribution in [0.5, 0.6) is 0 Å². The summed E-state index contributed by atoms with van der Waals surface area (Å²) in [7, 11) is 1.75. The zero-order chi connectivity index (χ0) is 21.3. The van der Waals surface area contributed by atoms with Gasteiger partial charge in [-0.25, -0.2) is 9.37 Å². The number of morpholine rings is 1. The average Bonchev–Trinajstić information content (AvgIpc) is 2.75. The Kier molecular flexibility index (Phi) is 8.33. The van der Waals surface area contributed by atoms with E-state index in [0.29, 0.717) is 19.0 Å². The molecule has 1 aromatic carbocycles. The van der Waals surface area contributed by atoms with Gasteiger partial charge in [0.25, 0.3) is 0 Å². The summed E-state index contributed by atoms with van der Waals surface area (Å²) in [6, 6.07) is 9.05. The fraction of sp³-hybridized carbons (Fsp3) is 0.455. The van der Waals surface area contributed by atoms with Crippen molar-refractivity contribution in [1.29, 1.82) is 0 Å². The fourth-order valence-corrected chi connectivity index (χ4v) is 3.99. The highest BCUT2D eigenvalue weighted by Gasteiger charge is 2.18. The Balaban J connectivity index is 1.57. The minimum absolute atomic E-state index is 0.200. The monoisotopic (exact) mass is 431 g/mol. The summed E-state index contributed by atoms with van der Waals surface area (Å²) in [4.78, 5) is 11.1. The molecule has 0 aliphatic carbocycles. The van der Waals surface area contributed by atoms with Gasteiger partial charge in [-0.2, -0.15) is 11.8 Å². The number of hydrogen-bond acceptors (Lipinski definition) is 5. The summed E-state index contributed by atoms with van der Waals surface area (Å²) in [6.45, 7) is 5.73. The number of guanidine groups is 1. The molecular weight excluding hydrogens is 401 g/mol. The van der Waals surface area contributed by atoms with Crippen LogP contribution in [-0.2, 0) is 23.6 Å². The van der Waals surface area contributed by atoms with Crippen molar-refractivity contribution in [1.82, 2.24) is 15.6 Å². The molecule has 1 fully saturated rings. The lowest BCUT2D eigenvalue weighted by Crippen LogP contribution is -2.41. The molecule has 1 aliphatic rings. The third-order valence-electron chi connectivity index (χ3n) is 4.97. The summed E-state index contributed by atoms with van der Waals surface area (Å²) >= 11 is 1.68. The van der Waals surface area contributed by atoms with E-state index < -0.39 is 0 Å². The largest absolute Gasteiger partial charge is 0.375 e. The first-order valence-corrected chi connectivity index (χ1v) is 11.5. The first kappa shape index (κ1) is 22.4. The molecule has 1 unspecified atom stereocenters. The molecule has 2 N–H and O–H groups in total. The maximum Gasteiger partial charge on any atom is 0.191 e. The smallest absolute Gasteiger partial charge is 0.191 e. The van der Waals surface area contributed by atoms with Crippen molar-refractivity contribution in [3.63, 3.8) is 0 Å². The number of pyridine rings is 1. The van der Waals surface area contributed by atoms with Gasteiger partial charge in [-0.3, -0.25) is 4.99 Å². The highest BCUT2D eigenvalue weighted by molar-refractivity contribution is 7.97. The number of aliphatic imine (C=N–C) groups is 1. The summed E-state index contributed by atoms with van der Waals surface area (Å²) in [6.07, 6.45) is 4.08. The van der Waals surface area contributed by atoms with E-state index in [1.807, 2.05) is 24.6 Å². The summed E-state index contributed by atoms with van der Waals surface area (Å²) in [5.41, 5.74) is 3.21. The number of halogens is 1. The molecule has 30 heavy (non-hydrogen) atoms. The van der Waals surface area contributed by atoms with Gasteiger partial charge < -0.3 is 20.3 Å². The molecule has 0 radical (unpaired) electrons. The Morgan fingerprint density at radius 2 is 2.10 bits per heavy atom. The molecule has 162 valence electrons. The van der Waals surface area contributed by atoms with Gasteiger partial charge in [-0.05, 0) is 54.1 Å². The summed E-state index contributed by atoms with van der Waals surface area (Å²) in [5.74, 6) is 2.25. The van der Waals surface area contributed by atoms with Gasteiger partial charge >= 0.3 is 0 Å². The van der Waals surface area contributed by atoms with Crippen LogP contribution in [0.3, 0.4) is 0 Å². The van der Waals surface area contributed by atoms with Crippen LogP contribution in [0.1, 0.15) is 23.6 Å². The van der Waals surface area contributed by atoms with Crippen LogP contribution in [0, 0.1) is 5.82 Å². The maximum absolute atomic E-state index is 13.6. The van der Waals surface area contributed by atoms with Crippen molar-refractivity contribution in [2.75, 3.05) is 37.9 Å². The lowest BCUT2D eigenvalue weighted by atomic mass is 10.1. The van der Waals surface area contributed by atoms with E-state index >= 15 is 0 Å². The minimum Gasteiger partial charge on any atom is -0.375 e. The predicted molar refractivity (Wildman–Crippen MR) is 123 cm³/mol. The van der Waals surface area contributed by atoms with Crippen LogP contribution < -0.4 is 15.5 Å². The van der Waals surface area contributed by atoms with Gasteiger partial charge in [0, 0.05) is 45.2 Å². The van der Waals surface area contributed by atoms with Gasteiger partial charge in [-0.15, -0.1) is 0 Å². The molecule has 0 amide bonds. The Morgan fingerprint density at radius 3 is 2.87 bits per heavy atom. The Morgan fingerprint density at radius 1 is 1.27 bits per heavy atom. The zero-order valence-electron chi connectivity index (χ0n) is 17.8. The first-order valence-electron chi connectivity index (χ1n) is 10.1. The van der Waals surface area contributed by atoms with E-state index in [0.717, 1.165) is 48.0 Å². The van der Waals surface area contributed by atoms with E-state index in [9.17, 15) is 4.39 Å². The van der Waals surface area contributed by atoms with E-state index in [1.165, 1.54) is 6.07 Å². The first-order chi connectivity index (χ1) is 14.6. The lowest BCUT2D eigenvalue weighted by molar-refractivity contribution is 0.0529. The second kappa shape index (κ2) is 11.2. The molecule has 2 aromatic rings. The van der Waals surface area contributed by atoms with E-state index in [-0.39, 0.29) is 11.9 Å². The standard InChI is InChI=1S/C22H30FN5OS/c1-16-14-28(8-9-29-16)21-10-17(6-7-25-21)12-26-22(24-2)27-13-18-4-5-20(23)11-19(18)15-30-3/h4-7,10-11,16H,8-9,12-15H2,1-3H3,(H2,24,26,27). The number of nitrogens with zero attached hydrogens (tertiary/aromatic N) is 3. The van der Waals surface area contributed by atoms with Gasteiger partial charge in [0.15, 0.2) is 5.96 Å². The third kappa shape index (κ3) is 6.34. The van der Waals surface area contributed by atoms with Crippen molar-refractivity contribution >= 4 is 23.5 Å². The number of hydrogen-bond donors (Lipinski definition) is 2. The molecular formula is C22H30FN5OS. The molecule has 0 saturated carbocycles. The van der Waals surface area contributed by atoms with Crippen LogP contribution in [0.25, 0.3) is 0 Å². The molecule has 8 heteroatoms. The van der Waals surface area contributed by atoms with Crippen molar-refractivity contribution < 1.29 is 9.13 Å². The normalized spacial score (nSPS) is 17.1. The van der Waals surface area contributed by atoms with Crippen LogP contribution in [0.2, 0.25) is 0 Å². The summed E-state index contributed by atoms with van der Waals surface area (Å²) in [5, 5.41) is 6.67. The average molecular weight is 432 g/mol. The van der Waals surface area contributed by atoms with Gasteiger partial charge in [-0.1, -0.05) is 6.07 Å². The van der Waals surface area contributed by atoms with Crippen LogP contribution in [0.15, 0.2) is 41.5 Å². The Hall–Kier alpha value is -2.32. The van der Waals surface area contributed by atoms with Crippen molar-refractivity contribution in [2.24, 2.45) is 4.99 Å². The highest BCUT2D eigenvalue weighted by atomic mass is 32.2. The van der Waals surface area contributed by atoms with Crippen LogP contribution in [-0.4, -0.2) is 50.0 Å². The quantitative estimate of drug-likeness (QED) is 0.519. The Labute approximate surface area is 182 Å². The van der Waals surface area contributed by atoms with Crippen molar-refractivity contribution in [3.05, 3.63) is 59.0 Å². The van der Waals surface area contributed by atoms with E-state index in [4.69, 9.17) is 4.74 Å². The molecule has 1 aromatic heterocycles.